The Morgan fingerprint density at radius 3 is 0.913 bits per heavy atom. The highest BCUT2D eigenvalue weighted by Gasteiger charge is 2.03. The minimum absolute atomic E-state index is 0.134. The zero-order valence-corrected chi connectivity index (χ0v) is 29.9. The van der Waals surface area contributed by atoms with Crippen LogP contribution in [0.15, 0.2) is 0 Å². The Balaban J connectivity index is 3.09. The summed E-state index contributed by atoms with van der Waals surface area (Å²) in [6, 6.07) is 0. The maximum atomic E-state index is 11.7. The molecule has 0 aromatic carbocycles. The maximum Gasteiger partial charge on any atom is 0.305 e. The molecule has 0 radical (unpaired) electrons. The molecule has 0 unspecified atom stereocenters. The molecule has 0 saturated carbocycles. The Hall–Kier alpha value is -0.850. The lowest BCUT2D eigenvalue weighted by Crippen LogP contribution is -2.15. The summed E-state index contributed by atoms with van der Waals surface area (Å²) >= 11 is 0. The molecule has 0 amide bonds. The molecular weight excluding hydrogens is 592 g/mol. The molecule has 0 N–H and O–H groups in total. The van der Waals surface area contributed by atoms with E-state index in [1.807, 2.05) is 0 Å². The molecule has 0 aliphatic heterocycles. The lowest BCUT2D eigenvalue weighted by Gasteiger charge is -2.09. The van der Waals surface area contributed by atoms with Crippen molar-refractivity contribution in [2.45, 2.75) is 117 Å². The minimum atomic E-state index is -0.134. The molecule has 0 aliphatic rings. The third kappa shape index (κ3) is 41.2. The van der Waals surface area contributed by atoms with Crippen molar-refractivity contribution in [1.29, 1.82) is 0 Å². The molecule has 10 heteroatoms. The molecule has 0 bridgehead atoms. The van der Waals surface area contributed by atoms with Crippen molar-refractivity contribution in [1.82, 2.24) is 0 Å². The summed E-state index contributed by atoms with van der Waals surface area (Å²) in [6.45, 7) is 13.5. The number of rotatable bonds is 41. The lowest BCUT2D eigenvalue weighted by atomic mass is 10.1. The van der Waals surface area contributed by atoms with Crippen molar-refractivity contribution < 1.29 is 47.4 Å². The first-order chi connectivity index (χ1) is 22.8. The van der Waals surface area contributed by atoms with E-state index in [4.69, 9.17) is 42.6 Å². The fourth-order valence-electron chi connectivity index (χ4n) is 4.49. The molecule has 0 aliphatic carbocycles. The van der Waals surface area contributed by atoms with Crippen molar-refractivity contribution in [3.05, 3.63) is 0 Å². The summed E-state index contributed by atoms with van der Waals surface area (Å²) in [5.74, 6) is -0.134. The fourth-order valence-corrected chi connectivity index (χ4v) is 4.49. The van der Waals surface area contributed by atoms with Gasteiger partial charge in [-0.3, -0.25) is 4.79 Å². The van der Waals surface area contributed by atoms with Gasteiger partial charge in [0.1, 0.15) is 6.61 Å². The van der Waals surface area contributed by atoms with Gasteiger partial charge >= 0.3 is 5.97 Å². The molecule has 0 fully saturated rings. The van der Waals surface area contributed by atoms with Crippen LogP contribution >= 0.6 is 0 Å². The predicted molar refractivity (Wildman–Crippen MR) is 183 cm³/mol. The van der Waals surface area contributed by atoms with E-state index in [9.17, 15) is 4.79 Å². The Kier molecular flexibility index (Phi) is 41.4. The lowest BCUT2D eigenvalue weighted by molar-refractivity contribution is -0.145. The van der Waals surface area contributed by atoms with Crippen LogP contribution < -0.4 is 0 Å². The molecule has 0 atom stereocenters. The summed E-state index contributed by atoms with van der Waals surface area (Å²) in [5.41, 5.74) is 0. The van der Waals surface area contributed by atoms with E-state index in [0.717, 1.165) is 25.9 Å². The van der Waals surface area contributed by atoms with Crippen molar-refractivity contribution in [2.75, 3.05) is 112 Å². The minimum Gasteiger partial charge on any atom is -0.463 e. The Labute approximate surface area is 282 Å². The van der Waals surface area contributed by atoms with Gasteiger partial charge in [-0.1, -0.05) is 97.3 Å². The summed E-state index contributed by atoms with van der Waals surface area (Å²) < 4.78 is 49.3. The van der Waals surface area contributed by atoms with Gasteiger partial charge in [-0.2, -0.15) is 0 Å². The molecule has 0 rings (SSSR count). The van der Waals surface area contributed by atoms with Crippen LogP contribution in [0.3, 0.4) is 0 Å². The van der Waals surface area contributed by atoms with E-state index < -0.39 is 0 Å². The Morgan fingerprint density at radius 1 is 0.304 bits per heavy atom. The molecule has 46 heavy (non-hydrogen) atoms. The van der Waals surface area contributed by atoms with Gasteiger partial charge in [0.05, 0.1) is 99.1 Å². The van der Waals surface area contributed by atoms with Crippen LogP contribution in [0.5, 0.6) is 0 Å². The summed E-state index contributed by atoms with van der Waals surface area (Å²) in [7, 11) is 0. The zero-order valence-electron chi connectivity index (χ0n) is 29.9. The number of unbranched alkanes of at least 4 members (excludes halogenated alkanes) is 13. The van der Waals surface area contributed by atoms with E-state index in [-0.39, 0.29) is 5.97 Å². The van der Waals surface area contributed by atoms with Gasteiger partial charge in [-0.25, -0.2) is 0 Å². The average molecular weight is 665 g/mol. The highest BCUT2D eigenvalue weighted by Crippen LogP contribution is 2.09. The first-order valence-corrected chi connectivity index (χ1v) is 18.6. The first kappa shape index (κ1) is 45.2. The van der Waals surface area contributed by atoms with Crippen LogP contribution in [-0.4, -0.2) is 118 Å². The van der Waals surface area contributed by atoms with Crippen LogP contribution in [0.4, 0.5) is 0 Å². The van der Waals surface area contributed by atoms with Crippen molar-refractivity contribution in [3.63, 3.8) is 0 Å². The third-order valence-corrected chi connectivity index (χ3v) is 7.22. The van der Waals surface area contributed by atoms with Crippen LogP contribution in [0, 0.1) is 0 Å². The monoisotopic (exact) mass is 665 g/mol. The van der Waals surface area contributed by atoms with Crippen LogP contribution in [0.1, 0.15) is 117 Å². The number of hydrogen-bond donors (Lipinski definition) is 0. The largest absolute Gasteiger partial charge is 0.463 e. The second-order valence-electron chi connectivity index (χ2n) is 11.5. The number of carbonyl (C=O) groups is 1. The second kappa shape index (κ2) is 42.2. The van der Waals surface area contributed by atoms with Gasteiger partial charge < -0.3 is 42.6 Å². The molecule has 0 spiro atoms. The summed E-state index contributed by atoms with van der Waals surface area (Å²) in [4.78, 5) is 11.7. The van der Waals surface area contributed by atoms with E-state index >= 15 is 0 Å². The zero-order chi connectivity index (χ0) is 33.3. The molecule has 0 heterocycles. The summed E-state index contributed by atoms with van der Waals surface area (Å²) in [6.07, 6.45) is 19.4. The number of carbonyl (C=O) groups excluding carboxylic acids is 1. The molecule has 0 aromatic rings. The van der Waals surface area contributed by atoms with Gasteiger partial charge in [0, 0.05) is 13.0 Å². The SMILES string of the molecule is CCCCCCCCCCOCCOCCOCCOCCOCCOCCOCCOCCOC(=O)CCCCCCCCC. The third-order valence-electron chi connectivity index (χ3n) is 7.22. The van der Waals surface area contributed by atoms with Gasteiger partial charge in [-0.15, -0.1) is 0 Å². The standard InChI is InChI=1S/C36H72O10/c1-3-5-7-9-11-13-15-17-19-38-20-21-39-22-23-40-24-25-41-26-27-42-28-29-43-30-31-44-32-33-45-34-35-46-36(37)18-16-14-12-10-8-6-4-2/h3-35H2,1-2H3. The van der Waals surface area contributed by atoms with Gasteiger partial charge in [0.25, 0.3) is 0 Å². The highest BCUT2D eigenvalue weighted by atomic mass is 16.6. The Morgan fingerprint density at radius 2 is 0.565 bits per heavy atom. The normalized spacial score (nSPS) is 11.4. The van der Waals surface area contributed by atoms with Crippen molar-refractivity contribution in [3.8, 4) is 0 Å². The smallest absolute Gasteiger partial charge is 0.305 e. The highest BCUT2D eigenvalue weighted by molar-refractivity contribution is 5.69. The number of hydrogen-bond acceptors (Lipinski definition) is 10. The maximum absolute atomic E-state index is 11.7. The van der Waals surface area contributed by atoms with Crippen molar-refractivity contribution in [2.24, 2.45) is 0 Å². The predicted octanol–water partition coefficient (Wildman–Crippen LogP) is 6.94. The van der Waals surface area contributed by atoms with Crippen molar-refractivity contribution >= 4 is 5.97 Å². The van der Waals surface area contributed by atoms with E-state index in [1.54, 1.807) is 0 Å². The summed E-state index contributed by atoms with van der Waals surface area (Å²) in [5, 5.41) is 0. The van der Waals surface area contributed by atoms with E-state index in [1.165, 1.54) is 77.0 Å². The van der Waals surface area contributed by atoms with Crippen LogP contribution in [-0.2, 0) is 47.4 Å². The van der Waals surface area contributed by atoms with E-state index in [2.05, 4.69) is 13.8 Å². The number of ether oxygens (including phenoxy) is 9. The number of esters is 1. The Bertz CT molecular complexity index is 567. The van der Waals surface area contributed by atoms with Gasteiger partial charge in [0.15, 0.2) is 0 Å². The van der Waals surface area contributed by atoms with E-state index in [0.29, 0.717) is 112 Å². The molecule has 0 saturated heterocycles. The van der Waals surface area contributed by atoms with Crippen LogP contribution in [0.25, 0.3) is 0 Å². The van der Waals surface area contributed by atoms with Gasteiger partial charge in [0.2, 0.25) is 0 Å². The fraction of sp³-hybridized carbons (Fsp3) is 0.972. The topological polar surface area (TPSA) is 100 Å². The van der Waals surface area contributed by atoms with Crippen LogP contribution in [0.2, 0.25) is 0 Å². The molecule has 276 valence electrons. The first-order valence-electron chi connectivity index (χ1n) is 18.6. The molecule has 0 aromatic heterocycles. The molecular formula is C36H72O10. The van der Waals surface area contributed by atoms with Gasteiger partial charge in [-0.05, 0) is 12.8 Å². The second-order valence-corrected chi connectivity index (χ2v) is 11.5. The average Bonchev–Trinajstić information content (AvgIpc) is 3.06. The molecule has 10 nitrogen and oxygen atoms in total. The quantitative estimate of drug-likeness (QED) is 0.0505.